The summed E-state index contributed by atoms with van der Waals surface area (Å²) in [5.41, 5.74) is 0.508. The molecule has 0 saturated carbocycles. The zero-order valence-corrected chi connectivity index (χ0v) is 20.6. The molecule has 2 aromatic carbocycles. The Hall–Kier alpha value is -2.70. The summed E-state index contributed by atoms with van der Waals surface area (Å²) in [6.45, 7) is 0.968. The van der Waals surface area contributed by atoms with Crippen LogP contribution in [0, 0.1) is 0 Å². The molecule has 3 rings (SSSR count). The first kappa shape index (κ1) is 28.9. The SMILES string of the molecule is O=C(NNC1=NCCCN1)c1ccc(C(F)=CC(c2cc(Cl)c(Cl)c(Cl)c2)C(F)(F)F)cc1C(F)(F)F. The second-order valence-electron chi connectivity index (χ2n) is 7.68. The lowest BCUT2D eigenvalue weighted by atomic mass is 9.95. The summed E-state index contributed by atoms with van der Waals surface area (Å²) in [4.78, 5) is 16.3. The van der Waals surface area contributed by atoms with Gasteiger partial charge in [-0.2, -0.15) is 26.3 Å². The van der Waals surface area contributed by atoms with E-state index in [4.69, 9.17) is 34.8 Å². The molecule has 15 heteroatoms. The van der Waals surface area contributed by atoms with Crippen molar-refractivity contribution in [2.75, 3.05) is 13.1 Å². The lowest BCUT2D eigenvalue weighted by Gasteiger charge is -2.19. The van der Waals surface area contributed by atoms with Gasteiger partial charge in [-0.25, -0.2) is 4.39 Å². The van der Waals surface area contributed by atoms with Crippen molar-refractivity contribution in [1.82, 2.24) is 16.2 Å². The summed E-state index contributed by atoms with van der Waals surface area (Å²) in [6, 6.07) is 3.29. The predicted molar refractivity (Wildman–Crippen MR) is 126 cm³/mol. The van der Waals surface area contributed by atoms with Crippen LogP contribution in [0.25, 0.3) is 5.83 Å². The van der Waals surface area contributed by atoms with Crippen molar-refractivity contribution in [3.63, 3.8) is 0 Å². The molecule has 1 aliphatic rings. The highest BCUT2D eigenvalue weighted by Gasteiger charge is 2.41. The van der Waals surface area contributed by atoms with Gasteiger partial charge >= 0.3 is 12.4 Å². The van der Waals surface area contributed by atoms with Crippen LogP contribution in [0.1, 0.15) is 39.4 Å². The van der Waals surface area contributed by atoms with Gasteiger partial charge < -0.3 is 5.32 Å². The van der Waals surface area contributed by atoms with Gasteiger partial charge in [-0.1, -0.05) is 40.9 Å². The average molecular weight is 592 g/mol. The van der Waals surface area contributed by atoms with Gasteiger partial charge in [0.2, 0.25) is 5.96 Å². The molecule has 5 nitrogen and oxygen atoms in total. The van der Waals surface area contributed by atoms with Crippen LogP contribution in [-0.4, -0.2) is 31.1 Å². The highest BCUT2D eigenvalue weighted by molar-refractivity contribution is 6.48. The lowest BCUT2D eigenvalue weighted by molar-refractivity contribution is -0.140. The zero-order chi connectivity index (χ0) is 27.5. The largest absolute Gasteiger partial charge is 0.417 e. The van der Waals surface area contributed by atoms with Crippen molar-refractivity contribution in [2.45, 2.75) is 24.7 Å². The summed E-state index contributed by atoms with van der Waals surface area (Å²) in [5, 5.41) is 1.90. The molecule has 1 aliphatic heterocycles. The zero-order valence-electron chi connectivity index (χ0n) is 18.3. The van der Waals surface area contributed by atoms with Crippen molar-refractivity contribution >= 4 is 52.5 Å². The van der Waals surface area contributed by atoms with Gasteiger partial charge in [-0.3, -0.25) is 20.6 Å². The third-order valence-corrected chi connectivity index (χ3v) is 6.26. The van der Waals surface area contributed by atoms with Gasteiger partial charge in [-0.05, 0) is 42.3 Å². The van der Waals surface area contributed by atoms with Crippen molar-refractivity contribution in [3.05, 3.63) is 73.7 Å². The van der Waals surface area contributed by atoms with E-state index >= 15 is 0 Å². The molecule has 0 aliphatic carbocycles. The van der Waals surface area contributed by atoms with E-state index in [1.54, 1.807) is 0 Å². The normalized spacial score (nSPS) is 15.5. The van der Waals surface area contributed by atoms with Crippen molar-refractivity contribution in [3.8, 4) is 0 Å². The van der Waals surface area contributed by atoms with E-state index in [0.29, 0.717) is 19.2 Å². The molecular weight excluding hydrogens is 576 g/mol. The van der Waals surface area contributed by atoms with Crippen LogP contribution in [0.4, 0.5) is 30.7 Å². The Morgan fingerprint density at radius 1 is 1.05 bits per heavy atom. The summed E-state index contributed by atoms with van der Waals surface area (Å²) >= 11 is 17.3. The maximum Gasteiger partial charge on any atom is 0.417 e. The molecule has 1 amide bonds. The third-order valence-electron chi connectivity index (χ3n) is 5.07. The molecule has 0 fully saturated rings. The lowest BCUT2D eigenvalue weighted by Crippen LogP contribution is -2.49. The number of nitrogens with one attached hydrogen (secondary N) is 3. The Bertz CT molecular complexity index is 1220. The minimum absolute atomic E-state index is 0.0829. The molecule has 2 aromatic rings. The predicted octanol–water partition coefficient (Wildman–Crippen LogP) is 6.91. The maximum absolute atomic E-state index is 14.9. The van der Waals surface area contributed by atoms with Crippen molar-refractivity contribution in [1.29, 1.82) is 0 Å². The number of carbonyl (C=O) groups is 1. The van der Waals surface area contributed by atoms with Crippen LogP contribution >= 0.6 is 34.8 Å². The molecule has 0 bridgehead atoms. The average Bonchev–Trinajstić information content (AvgIpc) is 2.83. The molecule has 200 valence electrons. The Morgan fingerprint density at radius 3 is 2.24 bits per heavy atom. The molecule has 0 saturated heterocycles. The number of carbonyl (C=O) groups excluding carboxylic acids is 1. The molecular formula is C22H16Cl3F7N4O. The van der Waals surface area contributed by atoms with Crippen molar-refractivity contribution < 1.29 is 35.5 Å². The number of nitrogens with zero attached hydrogens (tertiary/aromatic N) is 1. The van der Waals surface area contributed by atoms with Gasteiger partial charge in [-0.15, -0.1) is 0 Å². The number of hydrogen-bond donors (Lipinski definition) is 3. The number of benzene rings is 2. The molecule has 0 aromatic heterocycles. The number of alkyl halides is 6. The fourth-order valence-electron chi connectivity index (χ4n) is 3.30. The Kier molecular flexibility index (Phi) is 8.86. The van der Waals surface area contributed by atoms with E-state index in [0.717, 1.165) is 24.6 Å². The van der Waals surface area contributed by atoms with E-state index < -0.39 is 52.3 Å². The third kappa shape index (κ3) is 7.20. The molecule has 3 N–H and O–H groups in total. The number of hydrogen-bond acceptors (Lipinski definition) is 4. The summed E-state index contributed by atoms with van der Waals surface area (Å²) in [6.07, 6.45) is -9.39. The highest BCUT2D eigenvalue weighted by Crippen LogP contribution is 2.42. The Morgan fingerprint density at radius 2 is 1.70 bits per heavy atom. The number of rotatable bonds is 4. The van der Waals surface area contributed by atoms with Crippen LogP contribution < -0.4 is 16.2 Å². The van der Waals surface area contributed by atoms with E-state index in [-0.39, 0.29) is 33.2 Å². The van der Waals surface area contributed by atoms with Gasteiger partial charge in [0.15, 0.2) is 0 Å². The fourth-order valence-corrected chi connectivity index (χ4v) is 3.91. The van der Waals surface area contributed by atoms with Crippen molar-refractivity contribution in [2.24, 2.45) is 4.99 Å². The standard InChI is InChI=1S/C22H16Cl3F7N4O/c23-15-7-11(8-16(24)18(15)25)13(21(27,28)29)9-17(26)10-2-3-12(14(6-10)22(30,31)32)19(37)35-36-20-33-4-1-5-34-20/h2-3,6-9,13H,1,4-5H2,(H,35,37)(H2,33,34,36). The quantitative estimate of drug-likeness (QED) is 0.206. The molecule has 37 heavy (non-hydrogen) atoms. The summed E-state index contributed by atoms with van der Waals surface area (Å²) in [5.74, 6) is -5.33. The first-order chi connectivity index (χ1) is 17.2. The summed E-state index contributed by atoms with van der Waals surface area (Å²) in [7, 11) is 0. The van der Waals surface area contributed by atoms with Gasteiger partial charge in [0.1, 0.15) is 11.7 Å². The fraction of sp³-hybridized carbons (Fsp3) is 0.273. The van der Waals surface area contributed by atoms with Crippen LogP contribution in [0.2, 0.25) is 15.1 Å². The second-order valence-corrected chi connectivity index (χ2v) is 8.87. The number of hydrazine groups is 1. The van der Waals surface area contributed by atoms with E-state index in [1.807, 2.05) is 5.43 Å². The molecule has 1 heterocycles. The summed E-state index contributed by atoms with van der Waals surface area (Å²) < 4.78 is 97.2. The molecule has 1 atom stereocenters. The maximum atomic E-state index is 14.9. The van der Waals surface area contributed by atoms with Crippen LogP contribution in [0.15, 0.2) is 41.4 Å². The minimum atomic E-state index is -5.13. The van der Waals surface area contributed by atoms with E-state index in [1.165, 1.54) is 0 Å². The number of allylic oxidation sites excluding steroid dienone is 1. The van der Waals surface area contributed by atoms with Gasteiger partial charge in [0, 0.05) is 18.7 Å². The topological polar surface area (TPSA) is 65.5 Å². The first-order valence-corrected chi connectivity index (χ1v) is 11.5. The van der Waals surface area contributed by atoms with Crippen LogP contribution in [0.5, 0.6) is 0 Å². The first-order valence-electron chi connectivity index (χ1n) is 10.3. The van der Waals surface area contributed by atoms with Crippen LogP contribution in [0.3, 0.4) is 0 Å². The number of amides is 1. The Labute approximate surface area is 220 Å². The molecule has 0 radical (unpaired) electrons. The van der Waals surface area contributed by atoms with Gasteiger partial charge in [0.05, 0.1) is 26.2 Å². The molecule has 1 unspecified atom stereocenters. The number of aliphatic imine (C=N–C) groups is 1. The highest BCUT2D eigenvalue weighted by atomic mass is 35.5. The molecule has 0 spiro atoms. The van der Waals surface area contributed by atoms with E-state index in [9.17, 15) is 35.5 Å². The monoisotopic (exact) mass is 590 g/mol. The van der Waals surface area contributed by atoms with Crippen LogP contribution in [-0.2, 0) is 6.18 Å². The Balaban J connectivity index is 1.97. The number of guanidine groups is 1. The van der Waals surface area contributed by atoms with Gasteiger partial charge in [0.25, 0.3) is 5.91 Å². The second kappa shape index (κ2) is 11.4. The smallest absolute Gasteiger partial charge is 0.355 e. The number of halogens is 10. The minimum Gasteiger partial charge on any atom is -0.355 e. The van der Waals surface area contributed by atoms with E-state index in [2.05, 4.69) is 15.7 Å².